The maximum atomic E-state index is 12.5. The molecule has 1 amide bonds. The fraction of sp³-hybridized carbons (Fsp3) is 0.150. The molecule has 0 aromatic heterocycles. The van der Waals surface area contributed by atoms with E-state index >= 15 is 0 Å². The zero-order valence-corrected chi connectivity index (χ0v) is 16.4. The number of esters is 1. The Balaban J connectivity index is 2.27. The van der Waals surface area contributed by atoms with Gasteiger partial charge in [-0.2, -0.15) is 5.26 Å². The van der Waals surface area contributed by atoms with Crippen LogP contribution in [0.1, 0.15) is 22.8 Å². The van der Waals surface area contributed by atoms with Crippen LogP contribution in [0.15, 0.2) is 52.5 Å². The number of nitrogens with zero attached hydrogens (tertiary/aromatic N) is 1. The number of carbonyl (C=O) groups excluding carboxylic acids is 2. The highest BCUT2D eigenvalue weighted by Gasteiger charge is 2.16. The summed E-state index contributed by atoms with van der Waals surface area (Å²) in [5.41, 5.74) is 1.04. The number of nitriles is 1. The number of methoxy groups -OCH3 is 1. The largest absolute Gasteiger partial charge is 0.496 e. The molecule has 138 valence electrons. The Bertz CT molecular complexity index is 932. The monoisotopic (exact) mass is 428 g/mol. The van der Waals surface area contributed by atoms with Crippen LogP contribution in [0.2, 0.25) is 0 Å². The second-order valence-corrected chi connectivity index (χ2v) is 6.14. The summed E-state index contributed by atoms with van der Waals surface area (Å²) in [5.74, 6) is -0.533. The molecular formula is C20H17BrN2O4. The Morgan fingerprint density at radius 1 is 1.26 bits per heavy atom. The van der Waals surface area contributed by atoms with Crippen LogP contribution in [0.25, 0.3) is 6.08 Å². The Hall–Kier alpha value is -3.11. The Kier molecular flexibility index (Phi) is 7.15. The van der Waals surface area contributed by atoms with Gasteiger partial charge < -0.3 is 14.8 Å². The van der Waals surface area contributed by atoms with Crippen molar-refractivity contribution in [2.24, 2.45) is 0 Å². The van der Waals surface area contributed by atoms with E-state index in [4.69, 9.17) is 9.47 Å². The number of carbonyl (C=O) groups is 2. The summed E-state index contributed by atoms with van der Waals surface area (Å²) >= 11 is 3.36. The molecule has 0 fully saturated rings. The minimum atomic E-state index is -0.624. The number of anilines is 1. The summed E-state index contributed by atoms with van der Waals surface area (Å²) in [7, 11) is 1.55. The molecule has 6 nitrogen and oxygen atoms in total. The number of rotatable bonds is 6. The van der Waals surface area contributed by atoms with Gasteiger partial charge in [0.2, 0.25) is 0 Å². The van der Waals surface area contributed by atoms with Crippen molar-refractivity contribution in [3.8, 4) is 11.8 Å². The third-order valence-corrected chi connectivity index (χ3v) is 4.14. The van der Waals surface area contributed by atoms with Crippen LogP contribution in [0, 0.1) is 11.3 Å². The van der Waals surface area contributed by atoms with Crippen LogP contribution < -0.4 is 10.1 Å². The lowest BCUT2D eigenvalue weighted by atomic mass is 10.1. The highest BCUT2D eigenvalue weighted by Crippen LogP contribution is 2.26. The first-order valence-corrected chi connectivity index (χ1v) is 8.82. The van der Waals surface area contributed by atoms with E-state index < -0.39 is 11.9 Å². The SMILES string of the molecule is CCOC(=O)c1ccccc1NC(=O)/C(C#N)=C/c1ccc(OC)c(Br)c1. The van der Waals surface area contributed by atoms with Crippen molar-refractivity contribution in [3.05, 3.63) is 63.6 Å². The molecule has 0 heterocycles. The number of para-hydroxylation sites is 1. The summed E-state index contributed by atoms with van der Waals surface area (Å²) < 4.78 is 10.8. The number of hydrogen-bond donors (Lipinski definition) is 1. The number of benzene rings is 2. The normalized spacial score (nSPS) is 10.7. The Labute approximate surface area is 165 Å². The van der Waals surface area contributed by atoms with Crippen molar-refractivity contribution in [1.82, 2.24) is 0 Å². The van der Waals surface area contributed by atoms with Gasteiger partial charge in [0, 0.05) is 0 Å². The maximum absolute atomic E-state index is 12.5. The molecule has 0 bridgehead atoms. The summed E-state index contributed by atoms with van der Waals surface area (Å²) in [5, 5.41) is 12.0. The minimum absolute atomic E-state index is 0.106. The van der Waals surface area contributed by atoms with Crippen molar-refractivity contribution in [2.45, 2.75) is 6.92 Å². The molecule has 0 saturated carbocycles. The molecule has 27 heavy (non-hydrogen) atoms. The molecular weight excluding hydrogens is 412 g/mol. The fourth-order valence-corrected chi connectivity index (χ4v) is 2.81. The maximum Gasteiger partial charge on any atom is 0.340 e. The highest BCUT2D eigenvalue weighted by molar-refractivity contribution is 9.10. The predicted molar refractivity (Wildman–Crippen MR) is 105 cm³/mol. The van der Waals surface area contributed by atoms with Crippen molar-refractivity contribution < 1.29 is 19.1 Å². The third-order valence-electron chi connectivity index (χ3n) is 3.52. The van der Waals surface area contributed by atoms with E-state index in [0.29, 0.717) is 15.8 Å². The first-order chi connectivity index (χ1) is 13.0. The fourth-order valence-electron chi connectivity index (χ4n) is 2.26. The van der Waals surface area contributed by atoms with Crippen molar-refractivity contribution in [2.75, 3.05) is 19.0 Å². The number of amides is 1. The van der Waals surface area contributed by atoms with Crippen LogP contribution >= 0.6 is 15.9 Å². The lowest BCUT2D eigenvalue weighted by Crippen LogP contribution is -2.17. The van der Waals surface area contributed by atoms with Gasteiger partial charge >= 0.3 is 5.97 Å². The van der Waals surface area contributed by atoms with Gasteiger partial charge in [-0.05, 0) is 58.8 Å². The lowest BCUT2D eigenvalue weighted by Gasteiger charge is -2.10. The molecule has 0 radical (unpaired) electrons. The van der Waals surface area contributed by atoms with Gasteiger partial charge in [0.15, 0.2) is 0 Å². The molecule has 0 atom stereocenters. The summed E-state index contributed by atoms with van der Waals surface area (Å²) in [6, 6.07) is 13.5. The second-order valence-electron chi connectivity index (χ2n) is 5.28. The first-order valence-electron chi connectivity index (χ1n) is 8.03. The van der Waals surface area contributed by atoms with E-state index in [1.54, 1.807) is 56.5 Å². The van der Waals surface area contributed by atoms with Gasteiger partial charge in [-0.1, -0.05) is 18.2 Å². The number of nitrogens with one attached hydrogen (secondary N) is 1. The standard InChI is InChI=1S/C20H17BrN2O4/c1-3-27-20(25)15-6-4-5-7-17(15)23-19(24)14(12-22)10-13-8-9-18(26-2)16(21)11-13/h4-11H,3H2,1-2H3,(H,23,24)/b14-10+. The zero-order chi connectivity index (χ0) is 19.8. The zero-order valence-electron chi connectivity index (χ0n) is 14.8. The van der Waals surface area contributed by atoms with Crippen LogP contribution in [0.3, 0.4) is 0 Å². The average Bonchev–Trinajstić information content (AvgIpc) is 2.66. The third kappa shape index (κ3) is 5.19. The quantitative estimate of drug-likeness (QED) is 0.423. The summed E-state index contributed by atoms with van der Waals surface area (Å²) in [6.07, 6.45) is 1.45. The smallest absolute Gasteiger partial charge is 0.340 e. The van der Waals surface area contributed by atoms with Crippen LogP contribution in [0.4, 0.5) is 5.69 Å². The van der Waals surface area contributed by atoms with Gasteiger partial charge in [0.1, 0.15) is 17.4 Å². The van der Waals surface area contributed by atoms with Gasteiger partial charge in [-0.25, -0.2) is 4.79 Å². The van der Waals surface area contributed by atoms with Crippen molar-refractivity contribution in [1.29, 1.82) is 5.26 Å². The molecule has 1 N–H and O–H groups in total. The predicted octanol–water partition coefficient (Wildman–Crippen LogP) is 4.18. The molecule has 7 heteroatoms. The van der Waals surface area contributed by atoms with E-state index in [-0.39, 0.29) is 23.4 Å². The van der Waals surface area contributed by atoms with Crippen molar-refractivity contribution >= 4 is 39.6 Å². The number of hydrogen-bond acceptors (Lipinski definition) is 5. The first kappa shape index (κ1) is 20.2. The molecule has 2 aromatic rings. The van der Waals surface area contributed by atoms with E-state index in [9.17, 15) is 14.9 Å². The Morgan fingerprint density at radius 3 is 2.63 bits per heavy atom. The average molecular weight is 429 g/mol. The van der Waals surface area contributed by atoms with E-state index in [0.717, 1.165) is 0 Å². The van der Waals surface area contributed by atoms with Gasteiger partial charge in [0.25, 0.3) is 5.91 Å². The highest BCUT2D eigenvalue weighted by atomic mass is 79.9. The minimum Gasteiger partial charge on any atom is -0.496 e. The van der Waals surface area contributed by atoms with Gasteiger partial charge in [-0.3, -0.25) is 4.79 Å². The summed E-state index contributed by atoms with van der Waals surface area (Å²) in [6.45, 7) is 1.92. The molecule has 0 unspecified atom stereocenters. The number of halogens is 1. The molecule has 0 aliphatic rings. The molecule has 0 saturated heterocycles. The second kappa shape index (κ2) is 9.55. The lowest BCUT2D eigenvalue weighted by molar-refractivity contribution is -0.112. The summed E-state index contributed by atoms with van der Waals surface area (Å²) in [4.78, 5) is 24.5. The Morgan fingerprint density at radius 2 is 2.00 bits per heavy atom. The van der Waals surface area contributed by atoms with Gasteiger partial charge in [-0.15, -0.1) is 0 Å². The molecule has 0 aliphatic carbocycles. The van der Waals surface area contributed by atoms with E-state index in [1.807, 2.05) is 6.07 Å². The molecule has 2 rings (SSSR count). The van der Waals surface area contributed by atoms with Crippen LogP contribution in [-0.4, -0.2) is 25.6 Å². The van der Waals surface area contributed by atoms with Crippen LogP contribution in [-0.2, 0) is 9.53 Å². The van der Waals surface area contributed by atoms with Crippen molar-refractivity contribution in [3.63, 3.8) is 0 Å². The van der Waals surface area contributed by atoms with E-state index in [1.165, 1.54) is 6.08 Å². The van der Waals surface area contributed by atoms with Gasteiger partial charge in [0.05, 0.1) is 29.4 Å². The topological polar surface area (TPSA) is 88.4 Å². The number of ether oxygens (including phenoxy) is 2. The molecule has 0 spiro atoms. The van der Waals surface area contributed by atoms with E-state index in [2.05, 4.69) is 21.2 Å². The molecule has 0 aliphatic heterocycles. The molecule has 2 aromatic carbocycles. The van der Waals surface area contributed by atoms with Crippen LogP contribution in [0.5, 0.6) is 5.75 Å².